The fourth-order valence-corrected chi connectivity index (χ4v) is 1.63. The molecule has 0 atom stereocenters. The van der Waals surface area contributed by atoms with E-state index in [-0.39, 0.29) is 19.1 Å². The fourth-order valence-electron chi connectivity index (χ4n) is 1.47. The molecule has 0 radical (unpaired) electrons. The molecular formula is C13H17Cl3N2O4. The Morgan fingerprint density at radius 2 is 2.05 bits per heavy atom. The highest BCUT2D eigenvalue weighted by molar-refractivity contribution is 6.67. The number of hydrogen-bond donors (Lipinski definition) is 1. The topological polar surface area (TPSA) is 69.6 Å². The SMILES string of the molecule is CCCCOC(=O)Cn1cccc1NC(=O)OCC(Cl)(Cl)Cl. The smallest absolute Gasteiger partial charge is 0.412 e. The second kappa shape index (κ2) is 9.12. The van der Waals surface area contributed by atoms with Gasteiger partial charge >= 0.3 is 12.1 Å². The van der Waals surface area contributed by atoms with Crippen LogP contribution in [0.5, 0.6) is 0 Å². The lowest BCUT2D eigenvalue weighted by Gasteiger charge is -2.13. The van der Waals surface area contributed by atoms with Gasteiger partial charge in [0.15, 0.2) is 0 Å². The van der Waals surface area contributed by atoms with Crippen LogP contribution in [0.4, 0.5) is 10.6 Å². The number of halogens is 3. The number of rotatable bonds is 7. The standard InChI is InChI=1S/C13H17Cl3N2O4/c1-2-3-7-21-11(19)8-18-6-4-5-10(18)17-12(20)22-9-13(14,15)16/h4-6H,2-3,7-9H2,1H3,(H,17,20). The van der Waals surface area contributed by atoms with Crippen molar-refractivity contribution in [2.75, 3.05) is 18.5 Å². The molecular weight excluding hydrogens is 355 g/mol. The summed E-state index contributed by atoms with van der Waals surface area (Å²) in [5, 5.41) is 2.45. The highest BCUT2D eigenvalue weighted by atomic mass is 35.6. The van der Waals surface area contributed by atoms with Crippen molar-refractivity contribution in [3.63, 3.8) is 0 Å². The van der Waals surface area contributed by atoms with Gasteiger partial charge in [-0.3, -0.25) is 10.1 Å². The van der Waals surface area contributed by atoms with Crippen molar-refractivity contribution in [2.24, 2.45) is 0 Å². The van der Waals surface area contributed by atoms with Gasteiger partial charge in [0.05, 0.1) is 6.61 Å². The summed E-state index contributed by atoms with van der Waals surface area (Å²) in [6, 6.07) is 3.28. The molecule has 22 heavy (non-hydrogen) atoms. The number of carbonyl (C=O) groups excluding carboxylic acids is 2. The third-order valence-electron chi connectivity index (χ3n) is 2.49. The molecule has 0 fully saturated rings. The first-order valence-electron chi connectivity index (χ1n) is 6.63. The first-order chi connectivity index (χ1) is 10.3. The maximum Gasteiger partial charge on any atom is 0.412 e. The van der Waals surface area contributed by atoms with E-state index in [0.29, 0.717) is 12.4 Å². The lowest BCUT2D eigenvalue weighted by atomic mass is 10.4. The first kappa shape index (κ1) is 18.9. The van der Waals surface area contributed by atoms with E-state index in [2.05, 4.69) is 5.32 Å². The van der Waals surface area contributed by atoms with Gasteiger partial charge in [-0.1, -0.05) is 48.1 Å². The molecule has 0 aliphatic carbocycles. The molecule has 0 aliphatic rings. The molecule has 1 N–H and O–H groups in total. The molecule has 1 heterocycles. The Morgan fingerprint density at radius 1 is 1.32 bits per heavy atom. The number of nitrogens with one attached hydrogen (secondary N) is 1. The minimum Gasteiger partial charge on any atom is -0.464 e. The fraction of sp³-hybridized carbons (Fsp3) is 0.538. The van der Waals surface area contributed by atoms with Gasteiger partial charge in [0.2, 0.25) is 3.79 Å². The van der Waals surface area contributed by atoms with Crippen molar-refractivity contribution in [1.29, 1.82) is 0 Å². The van der Waals surface area contributed by atoms with Crippen LogP contribution >= 0.6 is 34.8 Å². The van der Waals surface area contributed by atoms with Crippen LogP contribution in [0.3, 0.4) is 0 Å². The van der Waals surface area contributed by atoms with Crippen LogP contribution in [0, 0.1) is 0 Å². The molecule has 0 spiro atoms. The monoisotopic (exact) mass is 370 g/mol. The summed E-state index contributed by atoms with van der Waals surface area (Å²) in [6.45, 7) is 1.98. The highest BCUT2D eigenvalue weighted by Crippen LogP contribution is 2.26. The van der Waals surface area contributed by atoms with Crippen LogP contribution in [0.1, 0.15) is 19.8 Å². The molecule has 1 aromatic rings. The zero-order valence-corrected chi connectivity index (χ0v) is 14.2. The van der Waals surface area contributed by atoms with Crippen LogP contribution in [-0.2, 0) is 20.8 Å². The number of amides is 1. The third-order valence-corrected chi connectivity index (χ3v) is 2.81. The Bertz CT molecular complexity index is 500. The summed E-state index contributed by atoms with van der Waals surface area (Å²) in [6.07, 6.45) is 2.60. The van der Waals surface area contributed by atoms with Crippen LogP contribution in [-0.4, -0.2) is 33.6 Å². The molecule has 0 aliphatic heterocycles. The Morgan fingerprint density at radius 3 is 2.68 bits per heavy atom. The van der Waals surface area contributed by atoms with Gasteiger partial charge in [0, 0.05) is 6.20 Å². The van der Waals surface area contributed by atoms with E-state index in [1.807, 2.05) is 6.92 Å². The zero-order chi connectivity index (χ0) is 16.6. The maximum atomic E-state index is 11.6. The summed E-state index contributed by atoms with van der Waals surface area (Å²) in [5.41, 5.74) is 0. The number of hydrogen-bond acceptors (Lipinski definition) is 4. The third kappa shape index (κ3) is 7.77. The largest absolute Gasteiger partial charge is 0.464 e. The molecule has 0 saturated carbocycles. The molecule has 0 bridgehead atoms. The maximum absolute atomic E-state index is 11.6. The summed E-state index contributed by atoms with van der Waals surface area (Å²) >= 11 is 16.4. The summed E-state index contributed by atoms with van der Waals surface area (Å²) < 4.78 is 9.64. The van der Waals surface area contributed by atoms with Gasteiger partial charge in [-0.2, -0.15) is 0 Å². The van der Waals surface area contributed by atoms with Crippen LogP contribution in [0.25, 0.3) is 0 Å². The molecule has 0 saturated heterocycles. The van der Waals surface area contributed by atoms with E-state index in [0.717, 1.165) is 12.8 Å². The predicted octanol–water partition coefficient (Wildman–Crippen LogP) is 3.75. The van der Waals surface area contributed by atoms with Crippen LogP contribution in [0.2, 0.25) is 0 Å². The normalized spacial score (nSPS) is 11.1. The summed E-state index contributed by atoms with van der Waals surface area (Å²) in [5.74, 6) is -0.0101. The number of ether oxygens (including phenoxy) is 2. The number of carbonyl (C=O) groups is 2. The lowest BCUT2D eigenvalue weighted by Crippen LogP contribution is -2.23. The second-order valence-electron chi connectivity index (χ2n) is 4.41. The van der Waals surface area contributed by atoms with Gasteiger partial charge in [0.1, 0.15) is 19.0 Å². The lowest BCUT2D eigenvalue weighted by molar-refractivity contribution is -0.144. The Hall–Kier alpha value is -1.11. The Balaban J connectivity index is 2.47. The number of esters is 1. The zero-order valence-electron chi connectivity index (χ0n) is 12.0. The van der Waals surface area contributed by atoms with Gasteiger partial charge in [0.25, 0.3) is 0 Å². The molecule has 9 heteroatoms. The quantitative estimate of drug-likeness (QED) is 0.450. The second-order valence-corrected chi connectivity index (χ2v) is 6.93. The number of alkyl halides is 3. The molecule has 1 aromatic heterocycles. The number of anilines is 1. The molecule has 124 valence electrons. The molecule has 0 aromatic carbocycles. The molecule has 0 unspecified atom stereocenters. The average Bonchev–Trinajstić information content (AvgIpc) is 2.83. The van der Waals surface area contributed by atoms with Crippen LogP contribution in [0.15, 0.2) is 18.3 Å². The van der Waals surface area contributed by atoms with Crippen molar-refractivity contribution in [3.05, 3.63) is 18.3 Å². The van der Waals surface area contributed by atoms with Gasteiger partial charge in [-0.25, -0.2) is 4.79 Å². The van der Waals surface area contributed by atoms with Gasteiger partial charge in [-0.05, 0) is 18.6 Å². The van der Waals surface area contributed by atoms with E-state index in [1.54, 1.807) is 18.3 Å². The van der Waals surface area contributed by atoms with E-state index in [1.165, 1.54) is 4.57 Å². The highest BCUT2D eigenvalue weighted by Gasteiger charge is 2.22. The van der Waals surface area contributed by atoms with Crippen LogP contribution < -0.4 is 5.32 Å². The number of nitrogens with zero attached hydrogens (tertiary/aromatic N) is 1. The first-order valence-corrected chi connectivity index (χ1v) is 7.76. The molecule has 1 rings (SSSR count). The summed E-state index contributed by atoms with van der Waals surface area (Å²) in [4.78, 5) is 23.2. The van der Waals surface area contributed by atoms with Crippen molar-refractivity contribution in [1.82, 2.24) is 4.57 Å². The number of aromatic nitrogens is 1. The van der Waals surface area contributed by atoms with Crippen molar-refractivity contribution >= 4 is 52.7 Å². The van der Waals surface area contributed by atoms with Crippen molar-refractivity contribution < 1.29 is 19.1 Å². The van der Waals surface area contributed by atoms with Crippen molar-refractivity contribution in [3.8, 4) is 0 Å². The van der Waals surface area contributed by atoms with E-state index < -0.39 is 9.89 Å². The van der Waals surface area contributed by atoms with E-state index >= 15 is 0 Å². The minimum atomic E-state index is -1.68. The molecule has 6 nitrogen and oxygen atoms in total. The predicted molar refractivity (Wildman–Crippen MR) is 85.6 cm³/mol. The van der Waals surface area contributed by atoms with E-state index in [9.17, 15) is 9.59 Å². The van der Waals surface area contributed by atoms with Crippen molar-refractivity contribution in [2.45, 2.75) is 30.1 Å². The number of unbranched alkanes of at least 4 members (excludes halogenated alkanes) is 1. The minimum absolute atomic E-state index is 0.0171. The molecule has 1 amide bonds. The Labute approximate surface area is 143 Å². The summed E-state index contributed by atoms with van der Waals surface area (Å²) in [7, 11) is 0. The average molecular weight is 372 g/mol. The van der Waals surface area contributed by atoms with E-state index in [4.69, 9.17) is 44.3 Å². The Kier molecular flexibility index (Phi) is 7.85. The van der Waals surface area contributed by atoms with Gasteiger partial charge in [-0.15, -0.1) is 0 Å². The van der Waals surface area contributed by atoms with Gasteiger partial charge < -0.3 is 14.0 Å².